The maximum absolute atomic E-state index is 15.4. The quantitative estimate of drug-likeness (QED) is 0.0297. The van der Waals surface area contributed by atoms with Crippen LogP contribution in [0.2, 0.25) is 0 Å². The van der Waals surface area contributed by atoms with Gasteiger partial charge in [0.2, 0.25) is 11.1 Å². The first-order valence-electron chi connectivity index (χ1n) is 35.4. The van der Waals surface area contributed by atoms with E-state index < -0.39 is 311 Å². The van der Waals surface area contributed by atoms with Gasteiger partial charge < -0.3 is 0 Å². The fourth-order valence-electron chi connectivity index (χ4n) is 14.6. The number of rotatable bonds is 12. The molecule has 2 aliphatic heterocycles. The van der Waals surface area contributed by atoms with Gasteiger partial charge in [0.25, 0.3) is 0 Å². The van der Waals surface area contributed by atoms with Crippen LogP contribution in [0, 0.1) is 243 Å². The number of ether oxygens (including phenoxy) is 2. The Labute approximate surface area is 739 Å². The van der Waals surface area contributed by atoms with Crippen LogP contribution in [0.3, 0.4) is 0 Å². The minimum absolute atomic E-state index is 0. The van der Waals surface area contributed by atoms with Gasteiger partial charge in [-0.1, -0.05) is 24.3 Å². The molecule has 713 valence electrons. The molecule has 4 aromatic heterocycles. The number of benzene rings is 8. The zero-order valence-corrected chi connectivity index (χ0v) is 67.6. The van der Waals surface area contributed by atoms with E-state index in [0.29, 0.717) is 36.0 Å². The topological polar surface area (TPSA) is 110 Å². The summed E-state index contributed by atoms with van der Waals surface area (Å²) >= 11 is 9.53. The molecule has 0 bridgehead atoms. The summed E-state index contributed by atoms with van der Waals surface area (Å²) in [5, 5.41) is 0.194. The smallest absolute Gasteiger partial charge is 0.298 e. The second-order valence-corrected chi connectivity index (χ2v) is 29.4. The monoisotopic (exact) mass is 2040 g/mol. The molecule has 2 aliphatic rings. The van der Waals surface area contributed by atoms with E-state index in [0.717, 1.165) is 9.52 Å². The van der Waals surface area contributed by atoms with Crippen LogP contribution in [0.4, 0.5) is 176 Å². The third-order valence-electron chi connectivity index (χ3n) is 20.4. The summed E-state index contributed by atoms with van der Waals surface area (Å²) in [5.74, 6) is -143. The first kappa shape index (κ1) is 106. The molecular formula is C79H34B2Cl2CoF40N6O4. The molecule has 12 aromatic rings. The number of aromatic nitrogens is 4. The van der Waals surface area contributed by atoms with Crippen molar-refractivity contribution in [2.45, 2.75) is 50.2 Å². The predicted molar refractivity (Wildman–Crippen MR) is 381 cm³/mol. The fourth-order valence-corrected chi connectivity index (χ4v) is 14.6. The SMILES string of the molecule is CC1(C)COC(c2ccccn2)(c2ccccn2)[N+]1=O.CC1(C)COC(c2ccccn2)(c2ccccn2)[N+]1=O.ClCCl.Fc1c(F)c(F)c([B-](c2c(F)c(F)c(F)c(F)c2F)(c2c(F)c(F)c(F)c(F)c2F)c2c(F)c(F)c(F)c(F)c2F)c(F)c1F.Fc1c(F)c(F)c([B-](c2c(F)c(F)c(F)c(F)c2F)(c2c(F)c(F)c(F)c(F)c2F)c2c(F)c(F)c(F)c(F)c2F)c(F)c1F.[Co]. The average molecular weight is 2040 g/mol. The Morgan fingerprint density at radius 1 is 0.239 bits per heavy atom. The molecule has 0 amide bonds. The van der Waals surface area contributed by atoms with E-state index >= 15 is 70.2 Å². The normalized spacial score (nSPS) is 14.2. The van der Waals surface area contributed by atoms with Crippen LogP contribution >= 0.6 is 23.2 Å². The van der Waals surface area contributed by atoms with Crippen molar-refractivity contribution in [3.05, 3.63) is 363 Å². The summed E-state index contributed by atoms with van der Waals surface area (Å²) in [4.78, 5) is 43.0. The van der Waals surface area contributed by atoms with Crippen molar-refractivity contribution in [3.63, 3.8) is 0 Å². The van der Waals surface area contributed by atoms with Crippen LogP contribution in [0.5, 0.6) is 0 Å². The van der Waals surface area contributed by atoms with E-state index in [2.05, 4.69) is 19.9 Å². The van der Waals surface area contributed by atoms with Gasteiger partial charge in [0.1, 0.15) is 119 Å². The Morgan fingerprint density at radius 2 is 0.351 bits per heavy atom. The van der Waals surface area contributed by atoms with Crippen LogP contribution < -0.4 is 43.7 Å². The Morgan fingerprint density at radius 3 is 0.440 bits per heavy atom. The van der Waals surface area contributed by atoms with Crippen LogP contribution in [0.25, 0.3) is 0 Å². The summed E-state index contributed by atoms with van der Waals surface area (Å²) in [5.41, 5.74) is -30.2. The summed E-state index contributed by atoms with van der Waals surface area (Å²) in [6.07, 6.45) is -7.81. The van der Waals surface area contributed by atoms with Crippen LogP contribution in [0.1, 0.15) is 50.5 Å². The fraction of sp³-hybridized carbons (Fsp3) is 0.139. The van der Waals surface area contributed by atoms with Crippen molar-refractivity contribution >= 4 is 79.2 Å². The molecule has 134 heavy (non-hydrogen) atoms. The predicted octanol–water partition coefficient (Wildman–Crippen LogP) is 17.6. The third kappa shape index (κ3) is 16.4. The third-order valence-corrected chi connectivity index (χ3v) is 20.4. The number of hydrogen-bond acceptors (Lipinski definition) is 8. The Bertz CT molecular complexity index is 5480. The van der Waals surface area contributed by atoms with Gasteiger partial charge in [0.15, 0.2) is 162 Å². The van der Waals surface area contributed by atoms with Gasteiger partial charge in [-0.15, -0.1) is 66.9 Å². The van der Waals surface area contributed by atoms with Crippen LogP contribution in [-0.2, 0) is 37.7 Å². The molecular weight excluding hydrogens is 2010 g/mol. The molecule has 8 aromatic carbocycles. The van der Waals surface area contributed by atoms with E-state index in [4.69, 9.17) is 32.7 Å². The standard InChI is InChI=1S/2C24BF20.2C15H16N3O2.CH2Cl2.Co/c2*26-5-1(6(27)14(35)21(42)13(5)34)25(2-7(28)15(36)22(43)16(37)8(2)29,3-9(30)17(38)23(44)18(39)10(3)31)4-11(32)19(40)24(45)20(41)12(4)33;2*1-14(2)11-20-15(18(14)19,12-7-3-5-9-16-12)13-8-4-6-10-17-13;2-1-3;/h;;2*3-10H,11H2,1-2H3;1H2;/q2*-1;2*+1;;. The van der Waals surface area contributed by atoms with Crippen molar-refractivity contribution in [1.29, 1.82) is 0 Å². The van der Waals surface area contributed by atoms with E-state index in [9.17, 15) is 115 Å². The molecule has 0 N–H and O–H groups in total. The Kier molecular flexibility index (Phi) is 30.8. The van der Waals surface area contributed by atoms with Gasteiger partial charge in [0, 0.05) is 79.1 Å². The van der Waals surface area contributed by atoms with E-state index in [1.165, 1.54) is 0 Å². The van der Waals surface area contributed by atoms with Crippen molar-refractivity contribution in [2.24, 2.45) is 0 Å². The molecule has 0 unspecified atom stereocenters. The van der Waals surface area contributed by atoms with E-state index in [-0.39, 0.29) is 22.1 Å². The number of hydrogen-bond donors (Lipinski definition) is 0. The molecule has 0 atom stereocenters. The summed E-state index contributed by atoms with van der Waals surface area (Å²) in [6, 6.07) is 21.8. The average Bonchev–Trinajstić information content (AvgIpc) is 0.709. The summed E-state index contributed by atoms with van der Waals surface area (Å²) in [7, 11) is 0. The maximum Gasteiger partial charge on any atom is 0.402 e. The van der Waals surface area contributed by atoms with E-state index in [1.54, 1.807) is 49.1 Å². The molecule has 0 saturated carbocycles. The van der Waals surface area contributed by atoms with Crippen molar-refractivity contribution in [2.75, 3.05) is 18.6 Å². The van der Waals surface area contributed by atoms with Gasteiger partial charge in [-0.25, -0.2) is 176 Å². The first-order valence-corrected chi connectivity index (χ1v) is 36.5. The molecule has 0 spiro atoms. The van der Waals surface area contributed by atoms with Gasteiger partial charge in [-0.2, -0.15) is 0 Å². The van der Waals surface area contributed by atoms with Crippen LogP contribution in [0.15, 0.2) is 97.6 Å². The Hall–Kier alpha value is -12.1. The molecule has 14 rings (SSSR count). The van der Waals surface area contributed by atoms with Crippen molar-refractivity contribution < 1.29 is 211 Å². The Balaban J connectivity index is 0.000000210. The van der Waals surface area contributed by atoms with Crippen molar-refractivity contribution in [3.8, 4) is 0 Å². The zero-order valence-electron chi connectivity index (χ0n) is 65.0. The second-order valence-electron chi connectivity index (χ2n) is 28.6. The number of alkyl halides is 2. The minimum atomic E-state index is -7.22. The number of halogens is 42. The number of nitrogens with zero attached hydrogens (tertiary/aromatic N) is 6. The molecule has 2 saturated heterocycles. The molecule has 55 heteroatoms. The van der Waals surface area contributed by atoms with Gasteiger partial charge in [-0.3, -0.25) is 29.4 Å². The second kappa shape index (κ2) is 39.1. The molecule has 1 radical (unpaired) electrons. The molecule has 6 heterocycles. The summed E-state index contributed by atoms with van der Waals surface area (Å²) < 4.78 is 602. The van der Waals surface area contributed by atoms with Gasteiger partial charge in [-0.05, 0) is 48.5 Å². The summed E-state index contributed by atoms with van der Waals surface area (Å²) in [6.45, 7) is 8.07. The molecule has 2 fully saturated rings. The molecule has 10 nitrogen and oxygen atoms in total. The van der Waals surface area contributed by atoms with E-state index in [1.807, 2.05) is 76.2 Å². The van der Waals surface area contributed by atoms with Crippen LogP contribution in [-0.4, -0.2) is 71.4 Å². The number of nitroso groups, excluding NO2 is 2. The maximum atomic E-state index is 15.4. The molecule has 0 aliphatic carbocycles. The largest absolute Gasteiger partial charge is 0.402 e. The van der Waals surface area contributed by atoms with Crippen molar-refractivity contribution in [1.82, 2.24) is 19.9 Å². The first-order chi connectivity index (χ1) is 62.0. The minimum Gasteiger partial charge on any atom is -0.298 e. The van der Waals surface area contributed by atoms with Gasteiger partial charge in [0.05, 0.1) is 14.9 Å². The number of pyridine rings is 4. The zero-order chi connectivity index (χ0) is 99.9. The van der Waals surface area contributed by atoms with Gasteiger partial charge >= 0.3 is 11.4 Å².